The first-order chi connectivity index (χ1) is 16.1. The van der Waals surface area contributed by atoms with Gasteiger partial charge in [-0.2, -0.15) is 10.1 Å². The van der Waals surface area contributed by atoms with Gasteiger partial charge in [0, 0.05) is 30.9 Å². The molecule has 3 heterocycles. The number of anilines is 2. The number of fused-ring (bicyclic) bond motifs is 3. The van der Waals surface area contributed by atoms with Gasteiger partial charge in [0.05, 0.1) is 5.70 Å². The third-order valence-electron chi connectivity index (χ3n) is 6.43. The van der Waals surface area contributed by atoms with E-state index in [1.807, 2.05) is 22.9 Å². The van der Waals surface area contributed by atoms with E-state index in [9.17, 15) is 0 Å². The average molecular weight is 436 g/mol. The molecule has 164 valence electrons. The highest BCUT2D eigenvalue weighted by Gasteiger charge is 2.40. The summed E-state index contributed by atoms with van der Waals surface area (Å²) in [7, 11) is 4.10. The van der Waals surface area contributed by atoms with Crippen LogP contribution in [-0.2, 0) is 0 Å². The van der Waals surface area contributed by atoms with Gasteiger partial charge in [0.25, 0.3) is 0 Å². The largest absolute Gasteiger partial charge is 0.480 e. The molecule has 3 aromatic carbocycles. The average Bonchev–Trinajstić information content (AvgIpc) is 3.31. The van der Waals surface area contributed by atoms with Crippen molar-refractivity contribution in [1.29, 1.82) is 0 Å². The summed E-state index contributed by atoms with van der Waals surface area (Å²) in [6.45, 7) is 2.10. The van der Waals surface area contributed by atoms with Crippen LogP contribution in [0.3, 0.4) is 0 Å². The summed E-state index contributed by atoms with van der Waals surface area (Å²) in [6, 6.07) is 25.3. The minimum absolute atomic E-state index is 0.144. The van der Waals surface area contributed by atoms with Crippen molar-refractivity contribution in [2.45, 2.75) is 19.1 Å². The molecule has 0 amide bonds. The van der Waals surface area contributed by atoms with Crippen molar-refractivity contribution < 1.29 is 4.74 Å². The smallest absolute Gasteiger partial charge is 0.226 e. The van der Waals surface area contributed by atoms with Crippen molar-refractivity contribution in [2.24, 2.45) is 0 Å². The predicted molar refractivity (Wildman–Crippen MR) is 130 cm³/mol. The molecular formula is C27H25N5O. The molecule has 6 rings (SSSR count). The van der Waals surface area contributed by atoms with Crippen LogP contribution in [0.15, 0.2) is 84.7 Å². The first-order valence-corrected chi connectivity index (χ1v) is 11.1. The lowest BCUT2D eigenvalue weighted by Crippen LogP contribution is -2.32. The molecule has 2 aliphatic rings. The van der Waals surface area contributed by atoms with Gasteiger partial charge < -0.3 is 15.0 Å². The number of para-hydroxylation sites is 1. The molecule has 0 saturated carbocycles. The van der Waals surface area contributed by atoms with Crippen LogP contribution < -0.4 is 15.0 Å². The van der Waals surface area contributed by atoms with Gasteiger partial charge in [0.2, 0.25) is 5.95 Å². The molecule has 2 atom stereocenters. The number of nitrogens with one attached hydrogen (secondary N) is 1. The minimum Gasteiger partial charge on any atom is -0.480 e. The highest BCUT2D eigenvalue weighted by atomic mass is 16.5. The van der Waals surface area contributed by atoms with E-state index in [1.165, 1.54) is 5.56 Å². The molecule has 6 heteroatoms. The summed E-state index contributed by atoms with van der Waals surface area (Å²) in [4.78, 5) is 6.61. The number of nitrogens with zero attached hydrogens (tertiary/aromatic N) is 4. The molecule has 0 radical (unpaired) electrons. The molecule has 0 aliphatic carbocycles. The molecule has 2 aliphatic heterocycles. The summed E-state index contributed by atoms with van der Waals surface area (Å²) in [5.74, 6) is 1.60. The summed E-state index contributed by atoms with van der Waals surface area (Å²) in [6.07, 6.45) is 1.36. The lowest BCUT2D eigenvalue weighted by Gasteiger charge is -2.39. The van der Waals surface area contributed by atoms with Gasteiger partial charge in [-0.1, -0.05) is 54.1 Å². The minimum atomic E-state index is -0.251. The first kappa shape index (κ1) is 19.6. The SMILES string of the molecule is Cc1ccc([C@@H]2Oc3ccccc3C3=C2[C@@H](c2ccc(N(C)C)cc2)n2ncnc2N3)cc1. The topological polar surface area (TPSA) is 55.2 Å². The summed E-state index contributed by atoms with van der Waals surface area (Å²) in [5, 5.41) is 8.16. The van der Waals surface area contributed by atoms with Crippen molar-refractivity contribution in [1.82, 2.24) is 14.8 Å². The molecule has 1 N–H and O–H groups in total. The first-order valence-electron chi connectivity index (χ1n) is 11.1. The Hall–Kier alpha value is -4.06. The maximum Gasteiger partial charge on any atom is 0.226 e. The van der Waals surface area contributed by atoms with Crippen molar-refractivity contribution in [3.8, 4) is 5.75 Å². The van der Waals surface area contributed by atoms with E-state index in [0.717, 1.165) is 45.3 Å². The van der Waals surface area contributed by atoms with E-state index < -0.39 is 0 Å². The molecule has 33 heavy (non-hydrogen) atoms. The van der Waals surface area contributed by atoms with Crippen LogP contribution >= 0.6 is 0 Å². The molecule has 4 aromatic rings. The number of benzene rings is 3. The van der Waals surface area contributed by atoms with E-state index in [0.29, 0.717) is 0 Å². The second-order valence-corrected chi connectivity index (χ2v) is 8.78. The fourth-order valence-corrected chi connectivity index (χ4v) is 4.71. The van der Waals surface area contributed by atoms with E-state index >= 15 is 0 Å². The lowest BCUT2D eigenvalue weighted by molar-refractivity contribution is 0.223. The maximum atomic E-state index is 6.67. The van der Waals surface area contributed by atoms with Crippen LogP contribution in [0.5, 0.6) is 5.75 Å². The van der Waals surface area contributed by atoms with Crippen LogP contribution in [-0.4, -0.2) is 28.9 Å². The highest BCUT2D eigenvalue weighted by Crippen LogP contribution is 2.50. The molecule has 0 bridgehead atoms. The zero-order valence-corrected chi connectivity index (χ0v) is 18.9. The molecule has 1 aromatic heterocycles. The van der Waals surface area contributed by atoms with Crippen molar-refractivity contribution in [3.05, 3.63) is 107 Å². The Kier molecular flexibility index (Phi) is 4.47. The number of hydrogen-bond acceptors (Lipinski definition) is 5. The number of rotatable bonds is 3. The molecule has 6 nitrogen and oxygen atoms in total. The second-order valence-electron chi connectivity index (χ2n) is 8.78. The summed E-state index contributed by atoms with van der Waals surface area (Å²) in [5.41, 5.74) is 7.85. The van der Waals surface area contributed by atoms with Crippen LogP contribution in [0.2, 0.25) is 0 Å². The molecule has 0 unspecified atom stereocenters. The number of aromatic nitrogens is 3. The van der Waals surface area contributed by atoms with Crippen molar-refractivity contribution >= 4 is 17.3 Å². The lowest BCUT2D eigenvalue weighted by atomic mass is 9.84. The van der Waals surface area contributed by atoms with Crippen molar-refractivity contribution in [2.75, 3.05) is 24.3 Å². The van der Waals surface area contributed by atoms with E-state index in [1.54, 1.807) is 6.33 Å². The molecular weight excluding hydrogens is 410 g/mol. The van der Waals surface area contributed by atoms with E-state index in [2.05, 4.69) is 95.9 Å². The van der Waals surface area contributed by atoms with Crippen LogP contribution in [0.4, 0.5) is 11.6 Å². The van der Waals surface area contributed by atoms with Gasteiger partial charge in [-0.15, -0.1) is 0 Å². The number of ether oxygens (including phenoxy) is 1. The predicted octanol–water partition coefficient (Wildman–Crippen LogP) is 5.21. The van der Waals surface area contributed by atoms with Gasteiger partial charge in [0.15, 0.2) is 0 Å². The molecule has 0 fully saturated rings. The Bertz CT molecular complexity index is 1350. The summed E-state index contributed by atoms with van der Waals surface area (Å²) >= 11 is 0. The third-order valence-corrected chi connectivity index (χ3v) is 6.43. The standard InChI is InChI=1S/C27H25N5O/c1-17-8-10-19(11-9-17)26-23-24(21-6-4-5-7-22(21)33-26)30-27-28-16-29-32(27)25(23)18-12-14-20(15-13-18)31(2)3/h4-16,25-26H,1-3H3,(H,28,29,30)/t25-,26+/m1/s1. The number of hydrogen-bond donors (Lipinski definition) is 1. The molecule has 0 saturated heterocycles. The quantitative estimate of drug-likeness (QED) is 0.479. The third kappa shape index (κ3) is 3.18. The Labute approximate surface area is 193 Å². The summed E-state index contributed by atoms with van der Waals surface area (Å²) < 4.78 is 8.63. The van der Waals surface area contributed by atoms with Crippen LogP contribution in [0.1, 0.15) is 34.4 Å². The van der Waals surface area contributed by atoms with Gasteiger partial charge in [-0.25, -0.2) is 4.68 Å². The van der Waals surface area contributed by atoms with Gasteiger partial charge in [-0.3, -0.25) is 0 Å². The highest BCUT2D eigenvalue weighted by molar-refractivity contribution is 5.85. The maximum absolute atomic E-state index is 6.67. The van der Waals surface area contributed by atoms with Crippen molar-refractivity contribution in [3.63, 3.8) is 0 Å². The number of aryl methyl sites for hydroxylation is 1. The van der Waals surface area contributed by atoms with Gasteiger partial charge >= 0.3 is 0 Å². The van der Waals surface area contributed by atoms with E-state index in [4.69, 9.17) is 4.74 Å². The second kappa shape index (κ2) is 7.52. The fourth-order valence-electron chi connectivity index (χ4n) is 4.71. The van der Waals surface area contributed by atoms with Crippen LogP contribution in [0, 0.1) is 6.92 Å². The molecule has 0 spiro atoms. The zero-order valence-electron chi connectivity index (χ0n) is 18.9. The zero-order chi connectivity index (χ0) is 22.5. The van der Waals surface area contributed by atoms with Gasteiger partial charge in [-0.05, 0) is 42.3 Å². The monoisotopic (exact) mass is 435 g/mol. The normalized spacial score (nSPS) is 18.5. The van der Waals surface area contributed by atoms with Gasteiger partial charge in [0.1, 0.15) is 24.2 Å². The fraction of sp³-hybridized carbons (Fsp3) is 0.185. The Morgan fingerprint density at radius 2 is 1.64 bits per heavy atom. The van der Waals surface area contributed by atoms with Crippen LogP contribution in [0.25, 0.3) is 5.70 Å². The Balaban J connectivity index is 1.59. The van der Waals surface area contributed by atoms with E-state index in [-0.39, 0.29) is 12.1 Å². The Morgan fingerprint density at radius 3 is 2.39 bits per heavy atom. The Morgan fingerprint density at radius 1 is 0.909 bits per heavy atom.